The number of carboxylic acid groups (broad SMARTS) is 1. The fourth-order valence-electron chi connectivity index (χ4n) is 1.31. The molecule has 0 aliphatic rings. The molecule has 0 fully saturated rings. The molecule has 106 valence electrons. The molecular weight excluding hydrogens is 264 g/mol. The van der Waals surface area contributed by atoms with Gasteiger partial charge in [-0.1, -0.05) is 0 Å². The molecule has 8 nitrogen and oxygen atoms in total. The summed E-state index contributed by atoms with van der Waals surface area (Å²) in [5.41, 5.74) is 0. The molecule has 0 aromatic heterocycles. The predicted octanol–water partition coefficient (Wildman–Crippen LogP) is -1.45. The fraction of sp³-hybridized carbons (Fsp3) is 0.778. The number of carbonyl (C=O) groups is 2. The van der Waals surface area contributed by atoms with Crippen LogP contribution in [-0.2, 0) is 14.6 Å². The highest BCUT2D eigenvalue weighted by molar-refractivity contribution is 7.90. The third-order valence-corrected chi connectivity index (χ3v) is 3.06. The summed E-state index contributed by atoms with van der Waals surface area (Å²) in [6.07, 6.45) is 0.915. The number of urea groups is 1. The summed E-state index contributed by atoms with van der Waals surface area (Å²) in [6.45, 7) is 1.11. The molecular formula is C9H18N2O6S. The Bertz CT molecular complexity index is 394. The van der Waals surface area contributed by atoms with Gasteiger partial charge in [0, 0.05) is 25.3 Å². The predicted molar refractivity (Wildman–Crippen MR) is 64.0 cm³/mol. The number of aliphatic hydroxyl groups is 1. The van der Waals surface area contributed by atoms with Crippen molar-refractivity contribution in [1.29, 1.82) is 0 Å². The van der Waals surface area contributed by atoms with Crippen molar-refractivity contribution in [2.24, 2.45) is 0 Å². The summed E-state index contributed by atoms with van der Waals surface area (Å²) in [4.78, 5) is 22.1. The summed E-state index contributed by atoms with van der Waals surface area (Å²) < 4.78 is 21.9. The molecule has 9 heteroatoms. The van der Waals surface area contributed by atoms with Crippen molar-refractivity contribution in [2.75, 3.05) is 18.6 Å². The van der Waals surface area contributed by atoms with Gasteiger partial charge in [-0.2, -0.15) is 0 Å². The van der Waals surface area contributed by atoms with Crippen molar-refractivity contribution in [3.05, 3.63) is 0 Å². The number of aliphatic carboxylic acids is 1. The second-order valence-electron chi connectivity index (χ2n) is 4.01. The molecule has 0 saturated carbocycles. The van der Waals surface area contributed by atoms with E-state index in [4.69, 9.17) is 10.2 Å². The molecule has 0 spiro atoms. The van der Waals surface area contributed by atoms with Gasteiger partial charge in [0.05, 0.1) is 5.75 Å². The smallest absolute Gasteiger partial charge is 0.326 e. The van der Waals surface area contributed by atoms with Gasteiger partial charge in [-0.15, -0.1) is 0 Å². The highest BCUT2D eigenvalue weighted by atomic mass is 32.2. The molecule has 0 aliphatic heterocycles. The van der Waals surface area contributed by atoms with Crippen LogP contribution < -0.4 is 10.6 Å². The maximum atomic E-state index is 11.4. The molecule has 1 unspecified atom stereocenters. The monoisotopic (exact) mass is 282 g/mol. The molecule has 0 rings (SSSR count). The Labute approximate surface area is 105 Å². The van der Waals surface area contributed by atoms with Crippen LogP contribution in [0.25, 0.3) is 0 Å². The van der Waals surface area contributed by atoms with Crippen molar-refractivity contribution >= 4 is 21.8 Å². The van der Waals surface area contributed by atoms with Gasteiger partial charge in [0.15, 0.2) is 0 Å². The Kier molecular flexibility index (Phi) is 6.63. The lowest BCUT2D eigenvalue weighted by molar-refractivity contribution is -0.139. The van der Waals surface area contributed by atoms with Crippen LogP contribution in [0.15, 0.2) is 0 Å². The molecule has 0 bridgehead atoms. The van der Waals surface area contributed by atoms with Crippen molar-refractivity contribution in [1.82, 2.24) is 10.6 Å². The zero-order chi connectivity index (χ0) is 14.3. The summed E-state index contributed by atoms with van der Waals surface area (Å²) in [6, 6.07) is -2.63. The number of rotatable bonds is 7. The van der Waals surface area contributed by atoms with Gasteiger partial charge in [0.2, 0.25) is 0 Å². The molecule has 0 radical (unpaired) electrons. The van der Waals surface area contributed by atoms with Crippen LogP contribution in [0.3, 0.4) is 0 Å². The van der Waals surface area contributed by atoms with E-state index >= 15 is 0 Å². The van der Waals surface area contributed by atoms with Crippen LogP contribution >= 0.6 is 0 Å². The van der Waals surface area contributed by atoms with Crippen molar-refractivity contribution in [2.45, 2.75) is 25.4 Å². The number of aliphatic hydroxyl groups excluding tert-OH is 1. The Morgan fingerprint density at radius 1 is 1.28 bits per heavy atom. The quantitative estimate of drug-likeness (QED) is 0.452. The van der Waals surface area contributed by atoms with E-state index in [9.17, 15) is 18.0 Å². The average Bonchev–Trinajstić information content (AvgIpc) is 2.13. The lowest BCUT2D eigenvalue weighted by atomic mass is 10.2. The molecule has 0 aromatic rings. The van der Waals surface area contributed by atoms with Crippen LogP contribution in [0, 0.1) is 0 Å². The Balaban J connectivity index is 4.28. The van der Waals surface area contributed by atoms with E-state index in [1.165, 1.54) is 6.92 Å². The van der Waals surface area contributed by atoms with Crippen LogP contribution in [0.1, 0.15) is 13.3 Å². The van der Waals surface area contributed by atoms with Crippen LogP contribution in [-0.4, -0.2) is 61.3 Å². The van der Waals surface area contributed by atoms with Gasteiger partial charge < -0.3 is 20.8 Å². The lowest BCUT2D eigenvalue weighted by Crippen LogP contribution is -2.49. The minimum Gasteiger partial charge on any atom is -0.480 e. The molecule has 2 atom stereocenters. The Morgan fingerprint density at radius 2 is 1.83 bits per heavy atom. The number of hydrogen-bond donors (Lipinski definition) is 4. The first-order valence-corrected chi connectivity index (χ1v) is 7.30. The number of amides is 2. The van der Waals surface area contributed by atoms with Crippen molar-refractivity contribution < 1.29 is 28.2 Å². The maximum Gasteiger partial charge on any atom is 0.326 e. The van der Waals surface area contributed by atoms with Gasteiger partial charge in [0.25, 0.3) is 0 Å². The summed E-state index contributed by atoms with van der Waals surface area (Å²) in [7, 11) is -3.22. The second kappa shape index (κ2) is 7.17. The second-order valence-corrected chi connectivity index (χ2v) is 6.20. The molecule has 0 aromatic carbocycles. The first-order chi connectivity index (χ1) is 8.15. The van der Waals surface area contributed by atoms with E-state index in [2.05, 4.69) is 10.6 Å². The highest BCUT2D eigenvalue weighted by Gasteiger charge is 2.20. The van der Waals surface area contributed by atoms with Gasteiger partial charge in [0.1, 0.15) is 15.9 Å². The minimum absolute atomic E-state index is 0.122. The largest absolute Gasteiger partial charge is 0.480 e. The Morgan fingerprint density at radius 3 is 2.22 bits per heavy atom. The summed E-state index contributed by atoms with van der Waals surface area (Å²) in [5.74, 6) is -1.51. The standard InChI is InChI=1S/C9H18N2O6S/c1-6(5-18(2,16)17)10-9(15)11-7(3-4-12)8(13)14/h6-7,12H,3-5H2,1-2H3,(H,13,14)(H2,10,11,15)/t6?,7-/m1/s1. The molecule has 0 aliphatic carbocycles. The Hall–Kier alpha value is -1.35. The van der Waals surface area contributed by atoms with Crippen molar-refractivity contribution in [3.8, 4) is 0 Å². The molecule has 4 N–H and O–H groups in total. The first-order valence-electron chi connectivity index (χ1n) is 5.24. The number of hydrogen-bond acceptors (Lipinski definition) is 5. The third kappa shape index (κ3) is 7.85. The third-order valence-electron chi connectivity index (χ3n) is 1.95. The van der Waals surface area contributed by atoms with Crippen LogP contribution in [0.2, 0.25) is 0 Å². The average molecular weight is 282 g/mol. The van der Waals surface area contributed by atoms with Crippen LogP contribution in [0.4, 0.5) is 4.79 Å². The van der Waals surface area contributed by atoms with E-state index in [0.717, 1.165) is 6.26 Å². The first kappa shape index (κ1) is 16.6. The number of sulfone groups is 1. The SMILES string of the molecule is CC(CS(C)(=O)=O)NC(=O)N[C@H](CCO)C(=O)O. The molecule has 0 saturated heterocycles. The van der Waals surface area contributed by atoms with E-state index < -0.39 is 33.9 Å². The van der Waals surface area contributed by atoms with Gasteiger partial charge >= 0.3 is 12.0 Å². The molecule has 18 heavy (non-hydrogen) atoms. The fourth-order valence-corrected chi connectivity index (χ4v) is 2.30. The van der Waals surface area contributed by atoms with Crippen LogP contribution in [0.5, 0.6) is 0 Å². The topological polar surface area (TPSA) is 133 Å². The summed E-state index contributed by atoms with van der Waals surface area (Å²) >= 11 is 0. The zero-order valence-electron chi connectivity index (χ0n) is 10.2. The summed E-state index contributed by atoms with van der Waals surface area (Å²) in [5, 5.41) is 21.8. The van der Waals surface area contributed by atoms with Gasteiger partial charge in [-0.3, -0.25) is 0 Å². The lowest BCUT2D eigenvalue weighted by Gasteiger charge is -2.17. The van der Waals surface area contributed by atoms with Gasteiger partial charge in [-0.25, -0.2) is 18.0 Å². The van der Waals surface area contributed by atoms with E-state index in [1.54, 1.807) is 0 Å². The maximum absolute atomic E-state index is 11.4. The van der Waals surface area contributed by atoms with E-state index in [0.29, 0.717) is 0 Å². The minimum atomic E-state index is -3.22. The normalized spacial score (nSPS) is 14.6. The number of nitrogens with one attached hydrogen (secondary N) is 2. The number of carboxylic acids is 1. The molecule has 2 amide bonds. The zero-order valence-corrected chi connectivity index (χ0v) is 11.0. The number of carbonyl (C=O) groups excluding carboxylic acids is 1. The van der Waals surface area contributed by atoms with E-state index in [1.807, 2.05) is 0 Å². The highest BCUT2D eigenvalue weighted by Crippen LogP contribution is 1.93. The van der Waals surface area contributed by atoms with Gasteiger partial charge in [-0.05, 0) is 6.92 Å². The van der Waals surface area contributed by atoms with E-state index in [-0.39, 0.29) is 18.8 Å². The van der Waals surface area contributed by atoms with Crippen molar-refractivity contribution in [3.63, 3.8) is 0 Å². The molecule has 0 heterocycles.